The van der Waals surface area contributed by atoms with E-state index in [-0.39, 0.29) is 0 Å². The van der Waals surface area contributed by atoms with Crippen LogP contribution in [0, 0.1) is 0 Å². The third-order valence-corrected chi connectivity index (χ3v) is 3.66. The molecule has 0 aliphatic rings. The first-order chi connectivity index (χ1) is 10.2. The zero-order chi connectivity index (χ0) is 14.8. The van der Waals surface area contributed by atoms with Gasteiger partial charge in [0, 0.05) is 10.9 Å². The molecule has 1 aromatic heterocycles. The number of benzene rings is 2. The van der Waals surface area contributed by atoms with Gasteiger partial charge in [0.25, 0.3) is 0 Å². The van der Waals surface area contributed by atoms with E-state index in [1.54, 1.807) is 14.2 Å². The molecule has 0 saturated carbocycles. The molecular weight excluding hydrogens is 286 g/mol. The van der Waals surface area contributed by atoms with Gasteiger partial charge >= 0.3 is 0 Å². The maximum absolute atomic E-state index is 6.30. The van der Waals surface area contributed by atoms with Gasteiger partial charge in [-0.25, -0.2) is 4.98 Å². The monoisotopic (exact) mass is 299 g/mol. The highest BCUT2D eigenvalue weighted by atomic mass is 35.5. The van der Waals surface area contributed by atoms with Gasteiger partial charge < -0.3 is 9.47 Å². The summed E-state index contributed by atoms with van der Waals surface area (Å²) >= 11 is 6.30. The van der Waals surface area contributed by atoms with Gasteiger partial charge in [-0.3, -0.25) is 0 Å². The summed E-state index contributed by atoms with van der Waals surface area (Å²) in [7, 11) is 3.23. The Morgan fingerprint density at radius 3 is 2.52 bits per heavy atom. The summed E-state index contributed by atoms with van der Waals surface area (Å²) < 4.78 is 10.8. The molecule has 0 saturated heterocycles. The van der Waals surface area contributed by atoms with Crippen molar-refractivity contribution in [2.75, 3.05) is 14.2 Å². The summed E-state index contributed by atoms with van der Waals surface area (Å²) in [5, 5.41) is 2.45. The molecule has 3 rings (SSSR count). The normalized spacial score (nSPS) is 10.6. The Labute approximate surface area is 128 Å². The lowest BCUT2D eigenvalue weighted by Gasteiger charge is -2.13. The van der Waals surface area contributed by atoms with Gasteiger partial charge in [-0.05, 0) is 23.6 Å². The predicted molar refractivity (Wildman–Crippen MR) is 85.3 cm³/mol. The van der Waals surface area contributed by atoms with E-state index in [4.69, 9.17) is 21.1 Å². The molecule has 4 heteroatoms. The highest BCUT2D eigenvalue weighted by molar-refractivity contribution is 6.34. The van der Waals surface area contributed by atoms with Crippen LogP contribution in [0.4, 0.5) is 0 Å². The van der Waals surface area contributed by atoms with Crippen molar-refractivity contribution in [1.82, 2.24) is 4.98 Å². The fourth-order valence-electron chi connectivity index (χ4n) is 2.38. The molecule has 0 radical (unpaired) electrons. The summed E-state index contributed by atoms with van der Waals surface area (Å²) in [5.74, 6) is 1.32. The Balaban J connectivity index is 2.26. The van der Waals surface area contributed by atoms with E-state index in [9.17, 15) is 0 Å². The average Bonchev–Trinajstić information content (AvgIpc) is 2.54. The Kier molecular flexibility index (Phi) is 3.67. The van der Waals surface area contributed by atoms with Gasteiger partial charge in [0.05, 0.1) is 19.9 Å². The van der Waals surface area contributed by atoms with Crippen LogP contribution in [0.5, 0.6) is 11.5 Å². The minimum atomic E-state index is 0.480. The minimum Gasteiger partial charge on any atom is -0.493 e. The standard InChI is InChI=1S/C17H14ClNO2/c1-20-15-9-5-8-13(16(15)21-2)14-10-11-6-3-4-7-12(11)17(18)19-14/h3-10H,1-2H3. The van der Waals surface area contributed by atoms with Crippen molar-refractivity contribution in [3.63, 3.8) is 0 Å². The topological polar surface area (TPSA) is 31.4 Å². The first-order valence-corrected chi connectivity index (χ1v) is 6.89. The van der Waals surface area contributed by atoms with Crippen molar-refractivity contribution in [3.8, 4) is 22.8 Å². The molecule has 3 aromatic rings. The molecule has 0 N–H and O–H groups in total. The summed E-state index contributed by atoms with van der Waals surface area (Å²) in [6, 6.07) is 15.6. The smallest absolute Gasteiger partial charge is 0.170 e. The van der Waals surface area contributed by atoms with Crippen molar-refractivity contribution < 1.29 is 9.47 Å². The highest BCUT2D eigenvalue weighted by Gasteiger charge is 2.14. The van der Waals surface area contributed by atoms with E-state index in [0.29, 0.717) is 16.7 Å². The quantitative estimate of drug-likeness (QED) is 0.664. The molecular formula is C17H14ClNO2. The largest absolute Gasteiger partial charge is 0.493 e. The van der Waals surface area contributed by atoms with E-state index in [1.807, 2.05) is 48.5 Å². The van der Waals surface area contributed by atoms with E-state index < -0.39 is 0 Å². The summed E-state index contributed by atoms with van der Waals surface area (Å²) in [4.78, 5) is 4.49. The molecule has 2 aromatic carbocycles. The fourth-order valence-corrected chi connectivity index (χ4v) is 2.65. The molecule has 0 spiro atoms. The second-order valence-electron chi connectivity index (χ2n) is 4.56. The van der Waals surface area contributed by atoms with Crippen LogP contribution in [0.15, 0.2) is 48.5 Å². The molecule has 0 aliphatic carbocycles. The van der Waals surface area contributed by atoms with E-state index in [1.165, 1.54) is 0 Å². The fraction of sp³-hybridized carbons (Fsp3) is 0.118. The van der Waals surface area contributed by atoms with Crippen molar-refractivity contribution in [2.24, 2.45) is 0 Å². The molecule has 0 bridgehead atoms. The lowest BCUT2D eigenvalue weighted by atomic mass is 10.1. The highest BCUT2D eigenvalue weighted by Crippen LogP contribution is 2.38. The lowest BCUT2D eigenvalue weighted by molar-refractivity contribution is 0.356. The third-order valence-electron chi connectivity index (χ3n) is 3.37. The molecule has 1 heterocycles. The minimum absolute atomic E-state index is 0.480. The van der Waals surface area contributed by atoms with Crippen LogP contribution >= 0.6 is 11.6 Å². The van der Waals surface area contributed by atoms with Crippen LogP contribution in [0.2, 0.25) is 5.15 Å². The summed E-state index contributed by atoms with van der Waals surface area (Å²) in [5.41, 5.74) is 1.61. The third kappa shape index (κ3) is 2.41. The predicted octanol–water partition coefficient (Wildman–Crippen LogP) is 4.57. The van der Waals surface area contributed by atoms with Crippen molar-refractivity contribution >= 4 is 22.4 Å². The van der Waals surface area contributed by atoms with Crippen LogP contribution in [0.1, 0.15) is 0 Å². The van der Waals surface area contributed by atoms with Gasteiger partial charge in [-0.15, -0.1) is 0 Å². The molecule has 0 unspecified atom stereocenters. The molecule has 0 amide bonds. The number of methoxy groups -OCH3 is 2. The number of fused-ring (bicyclic) bond motifs is 1. The zero-order valence-corrected chi connectivity index (χ0v) is 12.5. The molecule has 21 heavy (non-hydrogen) atoms. The first-order valence-electron chi connectivity index (χ1n) is 6.51. The molecule has 0 fully saturated rings. The van der Waals surface area contributed by atoms with Gasteiger partial charge in [0.1, 0.15) is 5.15 Å². The number of hydrogen-bond donors (Lipinski definition) is 0. The number of halogens is 1. The number of nitrogens with zero attached hydrogens (tertiary/aromatic N) is 1. The zero-order valence-electron chi connectivity index (χ0n) is 11.8. The second kappa shape index (κ2) is 5.62. The van der Waals surface area contributed by atoms with Crippen LogP contribution in [0.3, 0.4) is 0 Å². The maximum atomic E-state index is 6.30. The summed E-state index contributed by atoms with van der Waals surface area (Å²) in [6.07, 6.45) is 0. The molecule has 0 atom stereocenters. The average molecular weight is 300 g/mol. The van der Waals surface area contributed by atoms with Crippen LogP contribution in [-0.2, 0) is 0 Å². The number of para-hydroxylation sites is 1. The van der Waals surface area contributed by atoms with E-state index in [2.05, 4.69) is 4.98 Å². The first kappa shape index (κ1) is 13.7. The Morgan fingerprint density at radius 1 is 0.952 bits per heavy atom. The van der Waals surface area contributed by atoms with Crippen LogP contribution < -0.4 is 9.47 Å². The number of ether oxygens (including phenoxy) is 2. The van der Waals surface area contributed by atoms with E-state index in [0.717, 1.165) is 22.0 Å². The lowest BCUT2D eigenvalue weighted by Crippen LogP contribution is -1.95. The Hall–Kier alpha value is -2.26. The van der Waals surface area contributed by atoms with Crippen molar-refractivity contribution in [1.29, 1.82) is 0 Å². The number of aromatic nitrogens is 1. The Morgan fingerprint density at radius 2 is 1.76 bits per heavy atom. The maximum Gasteiger partial charge on any atom is 0.170 e. The molecule has 0 aliphatic heterocycles. The van der Waals surface area contributed by atoms with Gasteiger partial charge in [0.15, 0.2) is 11.5 Å². The second-order valence-corrected chi connectivity index (χ2v) is 4.92. The van der Waals surface area contributed by atoms with Crippen LogP contribution in [-0.4, -0.2) is 19.2 Å². The SMILES string of the molecule is COc1cccc(-c2cc3ccccc3c(Cl)n2)c1OC. The van der Waals surface area contributed by atoms with Crippen molar-refractivity contribution in [2.45, 2.75) is 0 Å². The summed E-state index contributed by atoms with van der Waals surface area (Å²) in [6.45, 7) is 0. The van der Waals surface area contributed by atoms with Crippen molar-refractivity contribution in [3.05, 3.63) is 53.7 Å². The molecule has 106 valence electrons. The number of rotatable bonds is 3. The number of pyridine rings is 1. The van der Waals surface area contributed by atoms with Gasteiger partial charge in [-0.2, -0.15) is 0 Å². The van der Waals surface area contributed by atoms with E-state index >= 15 is 0 Å². The van der Waals surface area contributed by atoms with Crippen LogP contribution in [0.25, 0.3) is 22.0 Å². The van der Waals surface area contributed by atoms with Gasteiger partial charge in [-0.1, -0.05) is 41.9 Å². The van der Waals surface area contributed by atoms with Gasteiger partial charge in [0.2, 0.25) is 0 Å². The molecule has 3 nitrogen and oxygen atoms in total. The Bertz CT molecular complexity index is 802. The number of hydrogen-bond acceptors (Lipinski definition) is 3.